The number of carbonyl (C=O) groups excluding carboxylic acids is 3. The molecular formula is C20H15N3O4. The lowest BCUT2D eigenvalue weighted by Gasteiger charge is -2.05. The quantitative estimate of drug-likeness (QED) is 0.724. The minimum absolute atomic E-state index is 0.161. The molecule has 7 heteroatoms. The summed E-state index contributed by atoms with van der Waals surface area (Å²) in [7, 11) is 1.42. The molecule has 3 amide bonds. The van der Waals surface area contributed by atoms with Gasteiger partial charge in [-0.15, -0.1) is 0 Å². The molecule has 0 unspecified atom stereocenters. The van der Waals surface area contributed by atoms with E-state index >= 15 is 0 Å². The van der Waals surface area contributed by atoms with Crippen LogP contribution < -0.4 is 5.32 Å². The molecule has 3 aromatic rings. The highest BCUT2D eigenvalue weighted by Crippen LogP contribution is 2.26. The van der Waals surface area contributed by atoms with E-state index in [1.54, 1.807) is 13.0 Å². The molecule has 0 fully saturated rings. The smallest absolute Gasteiger partial charge is 0.277 e. The zero-order chi connectivity index (χ0) is 19.1. The van der Waals surface area contributed by atoms with Crippen LogP contribution >= 0.6 is 0 Å². The standard InChI is InChI=1S/C20H15N3O4/c1-11-16(22-18(27-11)12-6-4-3-5-7-12)17(24)21-13-8-9-14-15(10-13)20(26)23(2)19(14)25/h3-10H,1-2H3,(H,21,24). The number of rotatable bonds is 3. The van der Waals surface area contributed by atoms with E-state index in [4.69, 9.17) is 4.42 Å². The first-order chi connectivity index (χ1) is 13.0. The lowest BCUT2D eigenvalue weighted by molar-refractivity contribution is 0.0692. The first-order valence-electron chi connectivity index (χ1n) is 8.26. The molecule has 1 aliphatic heterocycles. The molecular weight excluding hydrogens is 346 g/mol. The van der Waals surface area contributed by atoms with Crippen LogP contribution in [-0.4, -0.2) is 34.7 Å². The first kappa shape index (κ1) is 16.7. The molecule has 134 valence electrons. The van der Waals surface area contributed by atoms with Crippen molar-refractivity contribution in [3.8, 4) is 11.5 Å². The maximum absolute atomic E-state index is 12.6. The number of carbonyl (C=O) groups is 3. The molecule has 1 aromatic heterocycles. The van der Waals surface area contributed by atoms with Crippen LogP contribution in [0.25, 0.3) is 11.5 Å². The lowest BCUT2D eigenvalue weighted by Crippen LogP contribution is -2.24. The summed E-state index contributed by atoms with van der Waals surface area (Å²) in [5.41, 5.74) is 1.92. The Labute approximate surface area is 154 Å². The highest BCUT2D eigenvalue weighted by Gasteiger charge is 2.33. The van der Waals surface area contributed by atoms with Crippen LogP contribution in [-0.2, 0) is 0 Å². The Hall–Kier alpha value is -3.74. The van der Waals surface area contributed by atoms with Gasteiger partial charge < -0.3 is 9.73 Å². The molecule has 27 heavy (non-hydrogen) atoms. The number of aromatic nitrogens is 1. The third-order valence-corrected chi connectivity index (χ3v) is 4.38. The zero-order valence-corrected chi connectivity index (χ0v) is 14.6. The van der Waals surface area contributed by atoms with Crippen molar-refractivity contribution in [3.63, 3.8) is 0 Å². The Kier molecular flexibility index (Phi) is 3.84. The number of fused-ring (bicyclic) bond motifs is 1. The van der Waals surface area contributed by atoms with Gasteiger partial charge in [0.2, 0.25) is 5.89 Å². The molecule has 0 spiro atoms. The van der Waals surface area contributed by atoms with Crippen molar-refractivity contribution < 1.29 is 18.8 Å². The number of nitrogens with one attached hydrogen (secondary N) is 1. The molecule has 0 aliphatic carbocycles. The second-order valence-corrected chi connectivity index (χ2v) is 6.17. The summed E-state index contributed by atoms with van der Waals surface area (Å²) in [5.74, 6) is -0.459. The summed E-state index contributed by atoms with van der Waals surface area (Å²) in [6.07, 6.45) is 0. The van der Waals surface area contributed by atoms with Crippen molar-refractivity contribution in [1.29, 1.82) is 0 Å². The van der Waals surface area contributed by atoms with Gasteiger partial charge in [-0.05, 0) is 37.3 Å². The minimum atomic E-state index is -0.455. The van der Waals surface area contributed by atoms with Gasteiger partial charge in [0.1, 0.15) is 5.76 Å². The largest absolute Gasteiger partial charge is 0.441 e. The number of amides is 3. The molecule has 1 N–H and O–H groups in total. The molecule has 2 heterocycles. The zero-order valence-electron chi connectivity index (χ0n) is 14.6. The number of aryl methyl sites for hydroxylation is 1. The fourth-order valence-electron chi connectivity index (χ4n) is 2.94. The Morgan fingerprint density at radius 3 is 2.48 bits per heavy atom. The highest BCUT2D eigenvalue weighted by molar-refractivity contribution is 6.21. The van der Waals surface area contributed by atoms with Gasteiger partial charge in [0.05, 0.1) is 11.1 Å². The summed E-state index contributed by atoms with van der Waals surface area (Å²) in [6.45, 7) is 1.66. The predicted molar refractivity (Wildman–Crippen MR) is 97.5 cm³/mol. The van der Waals surface area contributed by atoms with Crippen LogP contribution in [0.5, 0.6) is 0 Å². The average Bonchev–Trinajstić information content (AvgIpc) is 3.17. The van der Waals surface area contributed by atoms with Gasteiger partial charge in [0.15, 0.2) is 5.69 Å². The molecule has 2 aromatic carbocycles. The van der Waals surface area contributed by atoms with E-state index in [0.717, 1.165) is 10.5 Å². The Balaban J connectivity index is 1.60. The van der Waals surface area contributed by atoms with Gasteiger partial charge in [-0.1, -0.05) is 18.2 Å². The molecule has 1 aliphatic rings. The second kappa shape index (κ2) is 6.21. The van der Waals surface area contributed by atoms with E-state index < -0.39 is 11.8 Å². The summed E-state index contributed by atoms with van der Waals surface area (Å²) in [4.78, 5) is 42.0. The number of nitrogens with zero attached hydrogens (tertiary/aromatic N) is 2. The molecule has 0 radical (unpaired) electrons. The van der Waals surface area contributed by atoms with E-state index in [1.165, 1.54) is 19.2 Å². The monoisotopic (exact) mass is 361 g/mol. The van der Waals surface area contributed by atoms with Crippen molar-refractivity contribution >= 4 is 23.4 Å². The third-order valence-electron chi connectivity index (χ3n) is 4.38. The van der Waals surface area contributed by atoms with Gasteiger partial charge in [-0.3, -0.25) is 19.3 Å². The number of hydrogen-bond acceptors (Lipinski definition) is 5. The van der Waals surface area contributed by atoms with E-state index in [9.17, 15) is 14.4 Å². The predicted octanol–water partition coefficient (Wildman–Crippen LogP) is 3.13. The number of anilines is 1. The second-order valence-electron chi connectivity index (χ2n) is 6.17. The molecule has 4 rings (SSSR count). The molecule has 7 nitrogen and oxygen atoms in total. The normalized spacial score (nSPS) is 13.0. The maximum Gasteiger partial charge on any atom is 0.277 e. The number of imide groups is 1. The third kappa shape index (κ3) is 2.79. The lowest BCUT2D eigenvalue weighted by atomic mass is 10.1. The van der Waals surface area contributed by atoms with Crippen LogP contribution in [0.15, 0.2) is 52.9 Å². The minimum Gasteiger partial charge on any atom is -0.441 e. The molecule has 0 saturated carbocycles. The van der Waals surface area contributed by atoms with E-state index in [-0.39, 0.29) is 17.2 Å². The van der Waals surface area contributed by atoms with Crippen LogP contribution in [0, 0.1) is 6.92 Å². The van der Waals surface area contributed by atoms with Gasteiger partial charge in [-0.2, -0.15) is 0 Å². The van der Waals surface area contributed by atoms with Crippen LogP contribution in [0.4, 0.5) is 5.69 Å². The van der Waals surface area contributed by atoms with Crippen molar-refractivity contribution in [2.75, 3.05) is 12.4 Å². The van der Waals surface area contributed by atoms with E-state index in [0.29, 0.717) is 22.9 Å². The van der Waals surface area contributed by atoms with Crippen LogP contribution in [0.2, 0.25) is 0 Å². The highest BCUT2D eigenvalue weighted by atomic mass is 16.4. The topological polar surface area (TPSA) is 92.5 Å². The van der Waals surface area contributed by atoms with Crippen molar-refractivity contribution in [2.24, 2.45) is 0 Å². The Bertz CT molecular complexity index is 1090. The number of hydrogen-bond donors (Lipinski definition) is 1. The summed E-state index contributed by atoms with van der Waals surface area (Å²) < 4.78 is 5.60. The summed E-state index contributed by atoms with van der Waals surface area (Å²) >= 11 is 0. The van der Waals surface area contributed by atoms with Crippen LogP contribution in [0.3, 0.4) is 0 Å². The van der Waals surface area contributed by atoms with Gasteiger partial charge in [0.25, 0.3) is 17.7 Å². The molecule has 0 saturated heterocycles. The Morgan fingerprint density at radius 2 is 1.74 bits per heavy atom. The summed E-state index contributed by atoms with van der Waals surface area (Å²) in [6, 6.07) is 13.9. The van der Waals surface area contributed by atoms with Gasteiger partial charge >= 0.3 is 0 Å². The SMILES string of the molecule is Cc1oc(-c2ccccc2)nc1C(=O)Nc1ccc2c(c1)C(=O)N(C)C2=O. The molecule has 0 bridgehead atoms. The summed E-state index contributed by atoms with van der Waals surface area (Å²) in [5, 5.41) is 2.70. The van der Waals surface area contributed by atoms with E-state index in [1.807, 2.05) is 30.3 Å². The fraction of sp³-hybridized carbons (Fsp3) is 0.100. The van der Waals surface area contributed by atoms with E-state index in [2.05, 4.69) is 10.3 Å². The van der Waals surface area contributed by atoms with Crippen molar-refractivity contribution in [3.05, 3.63) is 71.1 Å². The maximum atomic E-state index is 12.6. The van der Waals surface area contributed by atoms with Crippen molar-refractivity contribution in [1.82, 2.24) is 9.88 Å². The first-order valence-corrected chi connectivity index (χ1v) is 8.26. The Morgan fingerprint density at radius 1 is 1.04 bits per heavy atom. The fourth-order valence-corrected chi connectivity index (χ4v) is 2.94. The van der Waals surface area contributed by atoms with Crippen molar-refractivity contribution in [2.45, 2.75) is 6.92 Å². The van der Waals surface area contributed by atoms with Crippen LogP contribution in [0.1, 0.15) is 37.0 Å². The number of oxazole rings is 1. The molecule has 0 atom stereocenters. The van der Waals surface area contributed by atoms with Gasteiger partial charge in [0, 0.05) is 18.3 Å². The van der Waals surface area contributed by atoms with Gasteiger partial charge in [-0.25, -0.2) is 4.98 Å². The number of benzene rings is 2. The average molecular weight is 361 g/mol.